The first-order valence-electron chi connectivity index (χ1n) is 7.80. The van der Waals surface area contributed by atoms with Crippen molar-refractivity contribution < 1.29 is 19.4 Å². The first kappa shape index (κ1) is 18.4. The van der Waals surface area contributed by atoms with Crippen LogP contribution in [-0.2, 0) is 4.79 Å². The number of likely N-dealkylation sites (N-methyl/N-ethyl adjacent to an activating group) is 1. The largest absolute Gasteiger partial charge is 0.481 e. The number of nitrogens with zero attached hydrogens (tertiary/aromatic N) is 2. The number of carboxylic acids is 1. The molecule has 2 aromatic rings. The predicted molar refractivity (Wildman–Crippen MR) is 92.8 cm³/mol. The Morgan fingerprint density at radius 1 is 1.20 bits per heavy atom. The van der Waals surface area contributed by atoms with Crippen molar-refractivity contribution in [3.63, 3.8) is 0 Å². The Kier molecular flexibility index (Phi) is 6.47. The smallest absolute Gasteiger partial charge is 0.305 e. The van der Waals surface area contributed by atoms with Gasteiger partial charge in [-0.05, 0) is 32.3 Å². The third kappa shape index (κ3) is 6.23. The van der Waals surface area contributed by atoms with E-state index in [0.717, 1.165) is 0 Å². The maximum absolute atomic E-state index is 12.3. The molecule has 0 saturated heterocycles. The molecule has 7 nitrogen and oxygen atoms in total. The van der Waals surface area contributed by atoms with E-state index in [1.807, 2.05) is 37.2 Å². The molecular weight excluding hydrogens is 322 g/mol. The van der Waals surface area contributed by atoms with Crippen LogP contribution in [0.2, 0.25) is 0 Å². The number of nitrogens with one attached hydrogen (secondary N) is 1. The number of aromatic nitrogens is 1. The summed E-state index contributed by atoms with van der Waals surface area (Å²) in [5.74, 6) is -0.304. The van der Waals surface area contributed by atoms with Gasteiger partial charge in [0.2, 0.25) is 5.88 Å². The summed E-state index contributed by atoms with van der Waals surface area (Å²) in [4.78, 5) is 29.1. The Bertz CT molecular complexity index is 702. The predicted octanol–water partition coefficient (Wildman–Crippen LogP) is 2.01. The van der Waals surface area contributed by atoms with Gasteiger partial charge >= 0.3 is 5.97 Å². The number of carboxylic acid groups (broad SMARTS) is 1. The van der Waals surface area contributed by atoms with Crippen LogP contribution in [0.25, 0.3) is 0 Å². The monoisotopic (exact) mass is 343 g/mol. The molecule has 0 radical (unpaired) electrons. The number of amides is 1. The van der Waals surface area contributed by atoms with Gasteiger partial charge in [-0.25, -0.2) is 4.98 Å². The van der Waals surface area contributed by atoms with E-state index in [-0.39, 0.29) is 12.3 Å². The maximum atomic E-state index is 12.3. The lowest BCUT2D eigenvalue weighted by Gasteiger charge is -2.20. The van der Waals surface area contributed by atoms with E-state index in [1.165, 1.54) is 6.20 Å². The Labute approximate surface area is 146 Å². The summed E-state index contributed by atoms with van der Waals surface area (Å²) < 4.78 is 5.57. The van der Waals surface area contributed by atoms with E-state index in [0.29, 0.717) is 23.7 Å². The molecule has 0 aliphatic heterocycles. The molecule has 1 heterocycles. The number of carbonyl (C=O) groups excluding carboxylic acids is 1. The molecule has 1 atom stereocenters. The van der Waals surface area contributed by atoms with Crippen molar-refractivity contribution in [1.82, 2.24) is 15.2 Å². The summed E-state index contributed by atoms with van der Waals surface area (Å²) in [7, 11) is 3.64. The van der Waals surface area contributed by atoms with Crippen LogP contribution in [0.5, 0.6) is 11.6 Å². The number of hydrogen-bond acceptors (Lipinski definition) is 5. The first-order chi connectivity index (χ1) is 11.9. The number of aliphatic carboxylic acids is 1. The summed E-state index contributed by atoms with van der Waals surface area (Å²) >= 11 is 0. The van der Waals surface area contributed by atoms with Gasteiger partial charge in [0.25, 0.3) is 5.91 Å². The highest BCUT2D eigenvalue weighted by molar-refractivity contribution is 5.94. The van der Waals surface area contributed by atoms with Gasteiger partial charge in [0.15, 0.2) is 0 Å². The lowest BCUT2D eigenvalue weighted by molar-refractivity contribution is -0.137. The standard InChI is InChI=1S/C18H21N3O4/c1-21(2)12-14(10-17(22)23)20-18(24)13-8-9-16(19-11-13)25-15-6-4-3-5-7-15/h3-9,11,14H,10,12H2,1-2H3,(H,20,24)(H,22,23)/t14-/m1/s1. The minimum absolute atomic E-state index is 0.146. The molecule has 2 N–H and O–H groups in total. The fourth-order valence-electron chi connectivity index (χ4n) is 2.27. The molecule has 0 unspecified atom stereocenters. The number of carbonyl (C=O) groups is 2. The van der Waals surface area contributed by atoms with Crippen LogP contribution in [-0.4, -0.2) is 53.5 Å². The molecular formula is C18H21N3O4. The average Bonchev–Trinajstić information content (AvgIpc) is 2.55. The van der Waals surface area contributed by atoms with Crippen LogP contribution < -0.4 is 10.1 Å². The van der Waals surface area contributed by atoms with Crippen LogP contribution in [0.4, 0.5) is 0 Å². The Morgan fingerprint density at radius 3 is 2.48 bits per heavy atom. The van der Waals surface area contributed by atoms with Crippen molar-refractivity contribution in [1.29, 1.82) is 0 Å². The lowest BCUT2D eigenvalue weighted by atomic mass is 10.1. The van der Waals surface area contributed by atoms with E-state index >= 15 is 0 Å². The zero-order valence-electron chi connectivity index (χ0n) is 14.2. The Morgan fingerprint density at radius 2 is 1.92 bits per heavy atom. The fourth-order valence-corrected chi connectivity index (χ4v) is 2.27. The van der Waals surface area contributed by atoms with E-state index in [9.17, 15) is 9.59 Å². The first-order valence-corrected chi connectivity index (χ1v) is 7.80. The van der Waals surface area contributed by atoms with Crippen LogP contribution in [0, 0.1) is 0 Å². The molecule has 0 aliphatic carbocycles. The van der Waals surface area contributed by atoms with Gasteiger partial charge < -0.3 is 20.1 Å². The van der Waals surface area contributed by atoms with Gasteiger partial charge in [0.05, 0.1) is 18.0 Å². The Balaban J connectivity index is 1.99. The van der Waals surface area contributed by atoms with Crippen molar-refractivity contribution >= 4 is 11.9 Å². The summed E-state index contributed by atoms with van der Waals surface area (Å²) in [6.07, 6.45) is 1.26. The van der Waals surface area contributed by atoms with Crippen LogP contribution in [0.15, 0.2) is 48.7 Å². The van der Waals surface area contributed by atoms with Gasteiger partial charge in [-0.3, -0.25) is 9.59 Å². The van der Waals surface area contributed by atoms with Gasteiger partial charge in [0.1, 0.15) is 5.75 Å². The van der Waals surface area contributed by atoms with Crippen LogP contribution in [0.1, 0.15) is 16.8 Å². The Hall–Kier alpha value is -2.93. The number of benzene rings is 1. The second-order valence-corrected chi connectivity index (χ2v) is 5.83. The molecule has 2 rings (SSSR count). The minimum Gasteiger partial charge on any atom is -0.481 e. The fraction of sp³-hybridized carbons (Fsp3) is 0.278. The highest BCUT2D eigenvalue weighted by Gasteiger charge is 2.18. The van der Waals surface area contributed by atoms with Crippen molar-refractivity contribution in [3.05, 3.63) is 54.2 Å². The number of rotatable bonds is 8. The van der Waals surface area contributed by atoms with Crippen molar-refractivity contribution in [2.75, 3.05) is 20.6 Å². The van der Waals surface area contributed by atoms with Crippen LogP contribution >= 0.6 is 0 Å². The quantitative estimate of drug-likeness (QED) is 0.762. The van der Waals surface area contributed by atoms with Gasteiger partial charge in [0, 0.05) is 18.8 Å². The summed E-state index contributed by atoms with van der Waals surface area (Å²) in [6.45, 7) is 0.431. The maximum Gasteiger partial charge on any atom is 0.305 e. The molecule has 25 heavy (non-hydrogen) atoms. The number of ether oxygens (including phenoxy) is 1. The minimum atomic E-state index is -0.961. The lowest BCUT2D eigenvalue weighted by Crippen LogP contribution is -2.43. The topological polar surface area (TPSA) is 91.8 Å². The van der Waals surface area contributed by atoms with E-state index in [4.69, 9.17) is 9.84 Å². The van der Waals surface area contributed by atoms with Crippen molar-refractivity contribution in [2.45, 2.75) is 12.5 Å². The molecule has 0 bridgehead atoms. The summed E-state index contributed by atoms with van der Waals surface area (Å²) in [6, 6.07) is 11.9. The van der Waals surface area contributed by atoms with Crippen LogP contribution in [0.3, 0.4) is 0 Å². The molecule has 0 spiro atoms. The SMILES string of the molecule is CN(C)C[C@@H](CC(=O)O)NC(=O)c1ccc(Oc2ccccc2)nc1. The third-order valence-electron chi connectivity index (χ3n) is 3.31. The van der Waals surface area contributed by atoms with E-state index < -0.39 is 12.0 Å². The zero-order valence-corrected chi connectivity index (χ0v) is 14.2. The number of hydrogen-bond donors (Lipinski definition) is 2. The molecule has 0 aliphatic rings. The second kappa shape index (κ2) is 8.79. The zero-order chi connectivity index (χ0) is 18.2. The highest BCUT2D eigenvalue weighted by Crippen LogP contribution is 2.18. The molecule has 132 valence electrons. The molecule has 1 amide bonds. The molecule has 1 aromatic heterocycles. The van der Waals surface area contributed by atoms with Gasteiger partial charge in [-0.1, -0.05) is 18.2 Å². The molecule has 0 fully saturated rings. The molecule has 7 heteroatoms. The molecule has 0 saturated carbocycles. The van der Waals surface area contributed by atoms with Crippen molar-refractivity contribution in [3.8, 4) is 11.6 Å². The van der Waals surface area contributed by atoms with E-state index in [2.05, 4.69) is 10.3 Å². The number of para-hydroxylation sites is 1. The van der Waals surface area contributed by atoms with Gasteiger partial charge in [-0.15, -0.1) is 0 Å². The van der Waals surface area contributed by atoms with Gasteiger partial charge in [-0.2, -0.15) is 0 Å². The summed E-state index contributed by atoms with van der Waals surface area (Å²) in [5, 5.41) is 11.7. The average molecular weight is 343 g/mol. The van der Waals surface area contributed by atoms with E-state index in [1.54, 1.807) is 24.3 Å². The second-order valence-electron chi connectivity index (χ2n) is 5.83. The van der Waals surface area contributed by atoms with Crippen molar-refractivity contribution in [2.24, 2.45) is 0 Å². The highest BCUT2D eigenvalue weighted by atomic mass is 16.5. The number of pyridine rings is 1. The third-order valence-corrected chi connectivity index (χ3v) is 3.31. The molecule has 1 aromatic carbocycles. The summed E-state index contributed by atoms with van der Waals surface area (Å²) in [5.41, 5.74) is 0.342. The normalized spacial score (nSPS) is 11.8.